The molecule has 0 heterocycles. The number of carbonyl (C=O) groups excluding carboxylic acids is 1. The first-order valence-electron chi connectivity index (χ1n) is 6.00. The van der Waals surface area contributed by atoms with Crippen molar-refractivity contribution in [2.45, 2.75) is 32.7 Å². The molecule has 17 heavy (non-hydrogen) atoms. The summed E-state index contributed by atoms with van der Waals surface area (Å²) < 4.78 is 4.59. The van der Waals surface area contributed by atoms with E-state index in [2.05, 4.69) is 48.2 Å². The number of benzene rings is 1. The summed E-state index contributed by atoms with van der Waals surface area (Å²) in [7, 11) is 1.42. The fourth-order valence-electron chi connectivity index (χ4n) is 1.71. The van der Waals surface area contributed by atoms with Crippen molar-refractivity contribution in [1.82, 2.24) is 5.32 Å². The number of ether oxygens (including phenoxy) is 1. The van der Waals surface area contributed by atoms with Gasteiger partial charge in [0.25, 0.3) is 0 Å². The normalized spacial score (nSPS) is 12.2. The molecule has 0 saturated carbocycles. The summed E-state index contributed by atoms with van der Waals surface area (Å²) in [6.45, 7) is 5.05. The summed E-state index contributed by atoms with van der Waals surface area (Å²) in [5.74, 6) is -0.144. The fourth-order valence-corrected chi connectivity index (χ4v) is 1.71. The van der Waals surface area contributed by atoms with Gasteiger partial charge >= 0.3 is 5.97 Å². The Kier molecular flexibility index (Phi) is 5.70. The second-order valence-corrected chi connectivity index (χ2v) is 4.27. The Labute approximate surface area is 103 Å². The van der Waals surface area contributed by atoms with E-state index in [0.717, 1.165) is 13.0 Å². The maximum atomic E-state index is 10.9. The van der Waals surface area contributed by atoms with Crippen LogP contribution in [-0.2, 0) is 9.53 Å². The summed E-state index contributed by atoms with van der Waals surface area (Å²) in [6.07, 6.45) is 1.28. The fraction of sp³-hybridized carbons (Fsp3) is 0.500. The number of aryl methyl sites for hydroxylation is 1. The SMILES string of the molecule is COC(=O)CCCN[C@@H](C)c1cccc(C)c1. The molecule has 0 bridgehead atoms. The summed E-state index contributed by atoms with van der Waals surface area (Å²) in [5, 5.41) is 3.40. The van der Waals surface area contributed by atoms with E-state index in [1.807, 2.05) is 0 Å². The smallest absolute Gasteiger partial charge is 0.305 e. The van der Waals surface area contributed by atoms with E-state index in [0.29, 0.717) is 12.5 Å². The van der Waals surface area contributed by atoms with Gasteiger partial charge in [-0.2, -0.15) is 0 Å². The van der Waals surface area contributed by atoms with Crippen molar-refractivity contribution in [3.05, 3.63) is 35.4 Å². The van der Waals surface area contributed by atoms with E-state index in [1.54, 1.807) is 0 Å². The van der Waals surface area contributed by atoms with Crippen LogP contribution in [0.4, 0.5) is 0 Å². The van der Waals surface area contributed by atoms with Crippen LogP contribution < -0.4 is 5.32 Å². The molecule has 3 nitrogen and oxygen atoms in total. The summed E-state index contributed by atoms with van der Waals surface area (Å²) in [6, 6.07) is 8.76. The Morgan fingerprint density at radius 3 is 2.88 bits per heavy atom. The molecule has 94 valence electrons. The largest absolute Gasteiger partial charge is 0.469 e. The molecule has 0 aromatic heterocycles. The molecule has 0 aliphatic rings. The Hall–Kier alpha value is -1.35. The summed E-state index contributed by atoms with van der Waals surface area (Å²) in [5.41, 5.74) is 2.55. The highest BCUT2D eigenvalue weighted by molar-refractivity contribution is 5.69. The minimum absolute atomic E-state index is 0.144. The van der Waals surface area contributed by atoms with E-state index in [-0.39, 0.29) is 5.97 Å². The van der Waals surface area contributed by atoms with Crippen molar-refractivity contribution in [2.24, 2.45) is 0 Å². The third kappa shape index (κ3) is 5.00. The first-order valence-corrected chi connectivity index (χ1v) is 6.00. The molecule has 0 spiro atoms. The molecule has 1 aromatic carbocycles. The minimum Gasteiger partial charge on any atom is -0.469 e. The number of hydrogen-bond donors (Lipinski definition) is 1. The number of methoxy groups -OCH3 is 1. The Balaban J connectivity index is 2.30. The average Bonchev–Trinajstić information content (AvgIpc) is 2.34. The average molecular weight is 235 g/mol. The van der Waals surface area contributed by atoms with Crippen LogP contribution in [0, 0.1) is 6.92 Å². The topological polar surface area (TPSA) is 38.3 Å². The van der Waals surface area contributed by atoms with Gasteiger partial charge in [0.05, 0.1) is 7.11 Å². The van der Waals surface area contributed by atoms with E-state index in [1.165, 1.54) is 18.2 Å². The van der Waals surface area contributed by atoms with Crippen LogP contribution in [0.3, 0.4) is 0 Å². The zero-order chi connectivity index (χ0) is 12.7. The maximum absolute atomic E-state index is 10.9. The second kappa shape index (κ2) is 7.07. The molecule has 0 saturated heterocycles. The molecule has 1 N–H and O–H groups in total. The molecule has 0 unspecified atom stereocenters. The lowest BCUT2D eigenvalue weighted by Crippen LogP contribution is -2.20. The molecule has 0 aliphatic carbocycles. The van der Waals surface area contributed by atoms with Gasteiger partial charge in [-0.3, -0.25) is 4.79 Å². The zero-order valence-electron chi connectivity index (χ0n) is 10.8. The number of hydrogen-bond acceptors (Lipinski definition) is 3. The van der Waals surface area contributed by atoms with Gasteiger partial charge in [0.15, 0.2) is 0 Å². The van der Waals surface area contributed by atoms with Crippen molar-refractivity contribution < 1.29 is 9.53 Å². The van der Waals surface area contributed by atoms with Crippen molar-refractivity contribution in [2.75, 3.05) is 13.7 Å². The van der Waals surface area contributed by atoms with Gasteiger partial charge in [0.1, 0.15) is 0 Å². The van der Waals surface area contributed by atoms with E-state index in [4.69, 9.17) is 0 Å². The first kappa shape index (κ1) is 13.7. The highest BCUT2D eigenvalue weighted by Crippen LogP contribution is 2.13. The molecular weight excluding hydrogens is 214 g/mol. The van der Waals surface area contributed by atoms with Crippen LogP contribution in [-0.4, -0.2) is 19.6 Å². The van der Waals surface area contributed by atoms with Gasteiger partial charge in [0.2, 0.25) is 0 Å². The quantitative estimate of drug-likeness (QED) is 0.608. The Bertz CT molecular complexity index is 363. The van der Waals surface area contributed by atoms with Gasteiger partial charge in [-0.15, -0.1) is 0 Å². The molecule has 0 fully saturated rings. The summed E-state index contributed by atoms with van der Waals surface area (Å²) >= 11 is 0. The maximum Gasteiger partial charge on any atom is 0.305 e. The lowest BCUT2D eigenvalue weighted by atomic mass is 10.1. The monoisotopic (exact) mass is 235 g/mol. The summed E-state index contributed by atoms with van der Waals surface area (Å²) in [4.78, 5) is 10.9. The third-order valence-corrected chi connectivity index (χ3v) is 2.78. The molecular formula is C14H21NO2. The molecule has 0 radical (unpaired) electrons. The molecule has 0 aliphatic heterocycles. The number of rotatable bonds is 6. The third-order valence-electron chi connectivity index (χ3n) is 2.78. The highest BCUT2D eigenvalue weighted by Gasteiger charge is 2.05. The van der Waals surface area contributed by atoms with Crippen LogP contribution in [0.25, 0.3) is 0 Å². The van der Waals surface area contributed by atoms with Gasteiger partial charge in [-0.05, 0) is 32.4 Å². The van der Waals surface area contributed by atoms with Gasteiger partial charge in [0, 0.05) is 12.5 Å². The van der Waals surface area contributed by atoms with Crippen LogP contribution in [0.5, 0.6) is 0 Å². The lowest BCUT2D eigenvalue weighted by Gasteiger charge is -2.14. The minimum atomic E-state index is -0.144. The van der Waals surface area contributed by atoms with E-state index < -0.39 is 0 Å². The molecule has 0 amide bonds. The van der Waals surface area contributed by atoms with E-state index in [9.17, 15) is 4.79 Å². The molecule has 1 atom stereocenters. The Morgan fingerprint density at radius 2 is 2.24 bits per heavy atom. The number of esters is 1. The van der Waals surface area contributed by atoms with Gasteiger partial charge in [-0.1, -0.05) is 29.8 Å². The Morgan fingerprint density at radius 1 is 1.47 bits per heavy atom. The highest BCUT2D eigenvalue weighted by atomic mass is 16.5. The van der Waals surface area contributed by atoms with Crippen molar-refractivity contribution in [1.29, 1.82) is 0 Å². The van der Waals surface area contributed by atoms with Crippen LogP contribution in [0.2, 0.25) is 0 Å². The second-order valence-electron chi connectivity index (χ2n) is 4.27. The predicted octanol–water partition coefficient (Wildman–Crippen LogP) is 2.60. The zero-order valence-corrected chi connectivity index (χ0v) is 10.8. The van der Waals surface area contributed by atoms with Crippen molar-refractivity contribution >= 4 is 5.97 Å². The number of nitrogens with one attached hydrogen (secondary N) is 1. The lowest BCUT2D eigenvalue weighted by molar-refractivity contribution is -0.140. The molecule has 1 rings (SSSR count). The van der Waals surface area contributed by atoms with Gasteiger partial charge < -0.3 is 10.1 Å². The first-order chi connectivity index (χ1) is 8.13. The standard InChI is InChI=1S/C14H21NO2/c1-11-6-4-7-13(10-11)12(2)15-9-5-8-14(16)17-3/h4,6-7,10,12,15H,5,8-9H2,1-3H3/t12-/m0/s1. The van der Waals surface area contributed by atoms with Crippen LogP contribution in [0.1, 0.15) is 36.9 Å². The van der Waals surface area contributed by atoms with Crippen LogP contribution in [0.15, 0.2) is 24.3 Å². The van der Waals surface area contributed by atoms with Gasteiger partial charge in [-0.25, -0.2) is 0 Å². The van der Waals surface area contributed by atoms with Crippen molar-refractivity contribution in [3.63, 3.8) is 0 Å². The molecule has 1 aromatic rings. The molecule has 3 heteroatoms. The van der Waals surface area contributed by atoms with E-state index >= 15 is 0 Å². The van der Waals surface area contributed by atoms with Crippen molar-refractivity contribution in [3.8, 4) is 0 Å². The number of carbonyl (C=O) groups is 1. The predicted molar refractivity (Wildman–Crippen MR) is 68.8 cm³/mol. The van der Waals surface area contributed by atoms with Crippen LogP contribution >= 0.6 is 0 Å².